The Morgan fingerprint density at radius 3 is 2.69 bits per heavy atom. The molecule has 0 radical (unpaired) electrons. The van der Waals surface area contributed by atoms with Crippen molar-refractivity contribution in [3.05, 3.63) is 36.0 Å². The minimum atomic E-state index is -0.665. The first-order valence-corrected chi connectivity index (χ1v) is 11.0. The molecule has 8 nitrogen and oxygen atoms in total. The summed E-state index contributed by atoms with van der Waals surface area (Å²) in [6.07, 6.45) is 5.44. The van der Waals surface area contributed by atoms with E-state index in [1.54, 1.807) is 18.1 Å². The number of hydrogen-bond acceptors (Lipinski definition) is 7. The van der Waals surface area contributed by atoms with Crippen molar-refractivity contribution < 1.29 is 18.6 Å². The average Bonchev–Trinajstić information content (AvgIpc) is 3.42. The zero-order valence-electron chi connectivity index (χ0n) is 17.8. The van der Waals surface area contributed by atoms with Gasteiger partial charge in [0.1, 0.15) is 17.2 Å². The number of nitrogens with one attached hydrogen (secondary N) is 1. The van der Waals surface area contributed by atoms with Crippen molar-refractivity contribution in [3.8, 4) is 0 Å². The first-order valence-electron chi connectivity index (χ1n) is 11.0. The Kier molecular flexibility index (Phi) is 5.64. The largest absolute Gasteiger partial charge is 0.393 e. The fourth-order valence-corrected chi connectivity index (χ4v) is 4.51. The smallest absolute Gasteiger partial charge is 0.224 e. The molecule has 1 saturated heterocycles. The third-order valence-electron chi connectivity index (χ3n) is 6.29. The second-order valence-electron chi connectivity index (χ2n) is 8.51. The second kappa shape index (κ2) is 8.59. The van der Waals surface area contributed by atoms with Crippen LogP contribution in [0.3, 0.4) is 0 Å². The molecule has 5 rings (SSSR count). The molecule has 3 aromatic rings. The maximum atomic E-state index is 14.5. The molecule has 32 heavy (non-hydrogen) atoms. The van der Waals surface area contributed by atoms with Crippen molar-refractivity contribution >= 4 is 28.7 Å². The number of fused-ring (bicyclic) bond motifs is 1. The number of ether oxygens (including phenoxy) is 1. The van der Waals surface area contributed by atoms with E-state index in [1.807, 2.05) is 4.57 Å². The third kappa shape index (κ3) is 4.00. The van der Waals surface area contributed by atoms with E-state index >= 15 is 0 Å². The molecular formula is C22H26F2N6O2. The van der Waals surface area contributed by atoms with Crippen LogP contribution in [0.1, 0.15) is 38.1 Å². The van der Waals surface area contributed by atoms with Crippen LogP contribution in [0.4, 0.5) is 26.4 Å². The summed E-state index contributed by atoms with van der Waals surface area (Å²) in [7, 11) is 1.70. The zero-order valence-corrected chi connectivity index (χ0v) is 17.8. The van der Waals surface area contributed by atoms with Gasteiger partial charge in [-0.3, -0.25) is 4.57 Å². The lowest BCUT2D eigenvalue weighted by atomic mass is 9.93. The normalized spacial score (nSPS) is 23.6. The minimum Gasteiger partial charge on any atom is -0.393 e. The maximum Gasteiger partial charge on any atom is 0.224 e. The summed E-state index contributed by atoms with van der Waals surface area (Å²) in [5.74, 6) is -0.301. The van der Waals surface area contributed by atoms with Crippen LogP contribution in [-0.2, 0) is 4.74 Å². The van der Waals surface area contributed by atoms with Gasteiger partial charge in [0.15, 0.2) is 5.65 Å². The Hall–Kier alpha value is -2.85. The summed E-state index contributed by atoms with van der Waals surface area (Å²) < 4.78 is 35.5. The molecule has 2 aromatic heterocycles. The molecule has 0 amide bonds. The van der Waals surface area contributed by atoms with E-state index in [9.17, 15) is 13.9 Å². The quantitative estimate of drug-likeness (QED) is 0.622. The Bertz CT molecular complexity index is 1110. The molecule has 1 saturated carbocycles. The van der Waals surface area contributed by atoms with Gasteiger partial charge >= 0.3 is 0 Å². The van der Waals surface area contributed by atoms with E-state index < -0.39 is 11.6 Å². The molecule has 1 aromatic carbocycles. The number of rotatable bonds is 5. The summed E-state index contributed by atoms with van der Waals surface area (Å²) in [5, 5.41) is 13.1. The van der Waals surface area contributed by atoms with Crippen LogP contribution in [0.15, 0.2) is 24.4 Å². The predicted molar refractivity (Wildman–Crippen MR) is 116 cm³/mol. The highest BCUT2D eigenvalue weighted by Crippen LogP contribution is 2.34. The molecule has 1 aliphatic heterocycles. The molecule has 10 heteroatoms. The molecule has 3 heterocycles. The number of aromatic nitrogens is 4. The molecule has 1 unspecified atom stereocenters. The van der Waals surface area contributed by atoms with Crippen LogP contribution in [0.25, 0.3) is 11.2 Å². The van der Waals surface area contributed by atoms with Gasteiger partial charge in [-0.1, -0.05) is 0 Å². The minimum absolute atomic E-state index is 0.00598. The van der Waals surface area contributed by atoms with Gasteiger partial charge in [-0.25, -0.2) is 18.7 Å². The van der Waals surface area contributed by atoms with Crippen molar-refractivity contribution in [2.75, 3.05) is 30.5 Å². The van der Waals surface area contributed by atoms with Crippen LogP contribution < -0.4 is 10.2 Å². The predicted octanol–water partition coefficient (Wildman–Crippen LogP) is 3.55. The number of halogens is 2. The van der Waals surface area contributed by atoms with E-state index in [1.165, 1.54) is 12.1 Å². The first kappa shape index (κ1) is 21.0. The van der Waals surface area contributed by atoms with Crippen molar-refractivity contribution in [1.82, 2.24) is 19.5 Å². The van der Waals surface area contributed by atoms with Crippen LogP contribution in [0, 0.1) is 11.6 Å². The van der Waals surface area contributed by atoms with E-state index in [4.69, 9.17) is 9.72 Å². The number of imidazole rings is 1. The van der Waals surface area contributed by atoms with E-state index in [0.717, 1.165) is 38.2 Å². The van der Waals surface area contributed by atoms with Gasteiger partial charge in [-0.05, 0) is 44.2 Å². The SMILES string of the molecule is CN(c1ccc(F)cc1F)c1nc2cnc(NC3CCC(O)CC3)nc2n1C1CCOC1. The van der Waals surface area contributed by atoms with Crippen LogP contribution in [0.2, 0.25) is 0 Å². The third-order valence-corrected chi connectivity index (χ3v) is 6.29. The molecule has 1 atom stereocenters. The molecule has 2 N–H and O–H groups in total. The van der Waals surface area contributed by atoms with Gasteiger partial charge in [-0.2, -0.15) is 4.98 Å². The standard InChI is InChI=1S/C22H26F2N6O2/c1-29(19-7-2-13(23)10-17(19)24)22-27-18-11-25-21(26-14-3-5-16(31)6-4-14)28-20(18)30(22)15-8-9-32-12-15/h2,7,10-11,14-16,31H,3-6,8-9,12H2,1H3,(H,25,26,28). The molecule has 2 aliphatic rings. The lowest BCUT2D eigenvalue weighted by Crippen LogP contribution is -2.29. The second-order valence-corrected chi connectivity index (χ2v) is 8.51. The molecule has 2 fully saturated rings. The summed E-state index contributed by atoms with van der Waals surface area (Å²) in [6.45, 7) is 1.13. The molecule has 1 aliphatic carbocycles. The topological polar surface area (TPSA) is 88.3 Å². The van der Waals surface area contributed by atoms with Crippen LogP contribution >= 0.6 is 0 Å². The van der Waals surface area contributed by atoms with Crippen molar-refractivity contribution in [2.45, 2.75) is 50.3 Å². The molecule has 0 spiro atoms. The van der Waals surface area contributed by atoms with Gasteiger partial charge in [0.25, 0.3) is 0 Å². The summed E-state index contributed by atoms with van der Waals surface area (Å²) in [6, 6.07) is 3.69. The first-order chi connectivity index (χ1) is 15.5. The Morgan fingerprint density at radius 2 is 1.97 bits per heavy atom. The lowest BCUT2D eigenvalue weighted by molar-refractivity contribution is 0.126. The van der Waals surface area contributed by atoms with Crippen molar-refractivity contribution in [1.29, 1.82) is 0 Å². The Balaban J connectivity index is 1.53. The number of anilines is 3. The van der Waals surface area contributed by atoms with Crippen LogP contribution in [-0.4, -0.2) is 57.0 Å². The Morgan fingerprint density at radius 1 is 1.16 bits per heavy atom. The van der Waals surface area contributed by atoms with Crippen molar-refractivity contribution in [2.24, 2.45) is 0 Å². The average molecular weight is 444 g/mol. The summed E-state index contributed by atoms with van der Waals surface area (Å²) in [4.78, 5) is 15.5. The highest BCUT2D eigenvalue weighted by atomic mass is 19.1. The fraction of sp³-hybridized carbons (Fsp3) is 0.500. The van der Waals surface area contributed by atoms with E-state index in [-0.39, 0.29) is 23.9 Å². The Labute approximate surface area is 184 Å². The number of aliphatic hydroxyl groups is 1. The number of benzene rings is 1. The van der Waals surface area contributed by atoms with Gasteiger partial charge < -0.3 is 20.1 Å². The highest BCUT2D eigenvalue weighted by molar-refractivity contribution is 5.77. The zero-order chi connectivity index (χ0) is 22.2. The lowest BCUT2D eigenvalue weighted by Gasteiger charge is -2.26. The van der Waals surface area contributed by atoms with Crippen molar-refractivity contribution in [3.63, 3.8) is 0 Å². The number of hydrogen-bond donors (Lipinski definition) is 2. The highest BCUT2D eigenvalue weighted by Gasteiger charge is 2.28. The number of aliphatic hydroxyl groups excluding tert-OH is 1. The van der Waals surface area contributed by atoms with E-state index in [0.29, 0.717) is 36.3 Å². The summed E-state index contributed by atoms with van der Waals surface area (Å²) in [5.41, 5.74) is 1.44. The molecule has 170 valence electrons. The van der Waals surface area contributed by atoms with Gasteiger partial charge in [0, 0.05) is 25.8 Å². The fourth-order valence-electron chi connectivity index (χ4n) is 4.51. The van der Waals surface area contributed by atoms with Gasteiger partial charge in [-0.15, -0.1) is 0 Å². The molecular weight excluding hydrogens is 418 g/mol. The van der Waals surface area contributed by atoms with Gasteiger partial charge in [0.05, 0.1) is 30.6 Å². The van der Waals surface area contributed by atoms with Crippen LogP contribution in [0.5, 0.6) is 0 Å². The summed E-state index contributed by atoms with van der Waals surface area (Å²) >= 11 is 0. The van der Waals surface area contributed by atoms with E-state index in [2.05, 4.69) is 15.3 Å². The maximum absolute atomic E-state index is 14.5. The monoisotopic (exact) mass is 444 g/mol. The van der Waals surface area contributed by atoms with Gasteiger partial charge in [0.2, 0.25) is 11.9 Å². The molecule has 0 bridgehead atoms. The number of nitrogens with zero attached hydrogens (tertiary/aromatic N) is 5.